The van der Waals surface area contributed by atoms with Gasteiger partial charge in [-0.15, -0.1) is 0 Å². The first-order chi connectivity index (χ1) is 12.0. The van der Waals surface area contributed by atoms with Crippen LogP contribution in [0.4, 0.5) is 5.69 Å². The minimum atomic E-state index is -0.146. The number of amides is 2. The first kappa shape index (κ1) is 19.2. The van der Waals surface area contributed by atoms with Crippen molar-refractivity contribution in [3.05, 3.63) is 24.3 Å². The van der Waals surface area contributed by atoms with E-state index in [1.807, 2.05) is 23.1 Å². The number of likely N-dealkylation sites (N-methyl/N-ethyl adjacent to an activating group) is 1. The molecular formula is C19H29N3O3. The van der Waals surface area contributed by atoms with Gasteiger partial charge in [0.15, 0.2) is 0 Å². The Morgan fingerprint density at radius 2 is 2.04 bits per heavy atom. The van der Waals surface area contributed by atoms with Gasteiger partial charge < -0.3 is 15.0 Å². The Bertz CT molecular complexity index is 587. The van der Waals surface area contributed by atoms with Gasteiger partial charge in [0.25, 0.3) is 0 Å². The number of rotatable bonds is 10. The molecule has 6 nitrogen and oxygen atoms in total. The molecule has 0 atom stereocenters. The number of methoxy groups -OCH3 is 1. The maximum Gasteiger partial charge on any atom is 0.238 e. The first-order valence-corrected chi connectivity index (χ1v) is 8.92. The molecule has 25 heavy (non-hydrogen) atoms. The zero-order chi connectivity index (χ0) is 18.2. The van der Waals surface area contributed by atoms with Crippen LogP contribution < -0.4 is 10.1 Å². The molecule has 0 bridgehead atoms. The summed E-state index contributed by atoms with van der Waals surface area (Å²) in [6.45, 7) is 4.17. The van der Waals surface area contributed by atoms with E-state index in [0.717, 1.165) is 19.5 Å². The van der Waals surface area contributed by atoms with Crippen LogP contribution in [0.25, 0.3) is 0 Å². The summed E-state index contributed by atoms with van der Waals surface area (Å²) in [7, 11) is 3.38. The quantitative estimate of drug-likeness (QED) is 0.705. The molecule has 0 spiro atoms. The van der Waals surface area contributed by atoms with E-state index in [2.05, 4.69) is 12.2 Å². The third kappa shape index (κ3) is 6.74. The second kappa shape index (κ2) is 9.42. The molecule has 0 heterocycles. The van der Waals surface area contributed by atoms with Crippen LogP contribution in [0.15, 0.2) is 24.3 Å². The number of hydrogen-bond acceptors (Lipinski definition) is 4. The van der Waals surface area contributed by atoms with Crippen molar-refractivity contribution >= 4 is 17.5 Å². The van der Waals surface area contributed by atoms with Gasteiger partial charge in [-0.2, -0.15) is 0 Å². The van der Waals surface area contributed by atoms with Gasteiger partial charge in [0.2, 0.25) is 11.8 Å². The average molecular weight is 347 g/mol. The highest BCUT2D eigenvalue weighted by Crippen LogP contribution is 2.29. The fourth-order valence-electron chi connectivity index (χ4n) is 2.73. The van der Waals surface area contributed by atoms with Crippen molar-refractivity contribution in [2.45, 2.75) is 26.2 Å². The largest absolute Gasteiger partial charge is 0.497 e. The van der Waals surface area contributed by atoms with E-state index < -0.39 is 0 Å². The number of benzene rings is 1. The molecule has 0 radical (unpaired) electrons. The summed E-state index contributed by atoms with van der Waals surface area (Å²) >= 11 is 0. The van der Waals surface area contributed by atoms with E-state index >= 15 is 0 Å². The van der Waals surface area contributed by atoms with Gasteiger partial charge in [0, 0.05) is 24.8 Å². The van der Waals surface area contributed by atoms with Crippen molar-refractivity contribution in [3.8, 4) is 5.75 Å². The molecule has 0 saturated heterocycles. The van der Waals surface area contributed by atoms with Crippen LogP contribution in [0, 0.1) is 5.92 Å². The smallest absolute Gasteiger partial charge is 0.238 e. The van der Waals surface area contributed by atoms with E-state index in [-0.39, 0.29) is 24.9 Å². The van der Waals surface area contributed by atoms with E-state index in [4.69, 9.17) is 4.74 Å². The van der Waals surface area contributed by atoms with Gasteiger partial charge in [0.1, 0.15) is 5.75 Å². The lowest BCUT2D eigenvalue weighted by Crippen LogP contribution is -2.42. The highest BCUT2D eigenvalue weighted by Gasteiger charge is 2.26. The Morgan fingerprint density at radius 3 is 2.68 bits per heavy atom. The van der Waals surface area contributed by atoms with E-state index in [9.17, 15) is 9.59 Å². The zero-order valence-electron chi connectivity index (χ0n) is 15.5. The number of nitrogens with one attached hydrogen (secondary N) is 1. The Labute approximate surface area is 150 Å². The molecule has 2 rings (SSSR count). The molecule has 2 amide bonds. The summed E-state index contributed by atoms with van der Waals surface area (Å²) in [6.07, 6.45) is 3.41. The average Bonchev–Trinajstić information content (AvgIpc) is 3.38. The zero-order valence-corrected chi connectivity index (χ0v) is 15.5. The normalized spacial score (nSPS) is 13.6. The van der Waals surface area contributed by atoms with Gasteiger partial charge in [-0.1, -0.05) is 13.0 Å². The summed E-state index contributed by atoms with van der Waals surface area (Å²) in [5, 5.41) is 2.83. The fraction of sp³-hybridized carbons (Fsp3) is 0.579. The molecule has 1 aromatic carbocycles. The van der Waals surface area contributed by atoms with Gasteiger partial charge in [-0.05, 0) is 44.4 Å². The Hall–Kier alpha value is -2.08. The number of hydrogen-bond donors (Lipinski definition) is 1. The maximum absolute atomic E-state index is 12.5. The van der Waals surface area contributed by atoms with Crippen LogP contribution in [-0.4, -0.2) is 62.0 Å². The molecule has 0 aromatic heterocycles. The molecule has 0 aliphatic heterocycles. The van der Waals surface area contributed by atoms with Crippen molar-refractivity contribution in [2.24, 2.45) is 5.92 Å². The first-order valence-electron chi connectivity index (χ1n) is 8.92. The lowest BCUT2D eigenvalue weighted by molar-refractivity contribution is -0.132. The van der Waals surface area contributed by atoms with Gasteiger partial charge in [0.05, 0.1) is 20.2 Å². The fourth-order valence-corrected chi connectivity index (χ4v) is 2.73. The van der Waals surface area contributed by atoms with Gasteiger partial charge in [-0.3, -0.25) is 14.5 Å². The van der Waals surface area contributed by atoms with Crippen LogP contribution in [0.3, 0.4) is 0 Å². The van der Waals surface area contributed by atoms with Crippen LogP contribution >= 0.6 is 0 Å². The van der Waals surface area contributed by atoms with E-state index in [0.29, 0.717) is 17.4 Å². The van der Waals surface area contributed by atoms with Crippen molar-refractivity contribution in [3.63, 3.8) is 0 Å². The predicted octanol–water partition coefficient (Wildman–Crippen LogP) is 2.21. The summed E-state index contributed by atoms with van der Waals surface area (Å²) in [6, 6.07) is 7.22. The molecule has 1 fully saturated rings. The molecular weight excluding hydrogens is 318 g/mol. The molecule has 1 aliphatic rings. The summed E-state index contributed by atoms with van der Waals surface area (Å²) in [4.78, 5) is 28.3. The maximum atomic E-state index is 12.5. The number of nitrogens with zero attached hydrogens (tertiary/aromatic N) is 2. The highest BCUT2D eigenvalue weighted by atomic mass is 16.5. The predicted molar refractivity (Wildman–Crippen MR) is 98.7 cm³/mol. The molecule has 1 saturated carbocycles. The number of carbonyl (C=O) groups is 2. The lowest BCUT2D eigenvalue weighted by Gasteiger charge is -2.25. The second-order valence-corrected chi connectivity index (χ2v) is 6.74. The van der Waals surface area contributed by atoms with Crippen LogP contribution in [0.1, 0.15) is 26.2 Å². The number of ether oxygens (including phenoxy) is 1. The minimum absolute atomic E-state index is 0.102. The Kier molecular flexibility index (Phi) is 7.25. The van der Waals surface area contributed by atoms with Crippen molar-refractivity contribution in [1.29, 1.82) is 0 Å². The second-order valence-electron chi connectivity index (χ2n) is 6.74. The Balaban J connectivity index is 1.79. The summed E-state index contributed by atoms with van der Waals surface area (Å²) in [5.41, 5.74) is 0.686. The van der Waals surface area contributed by atoms with Gasteiger partial charge in [-0.25, -0.2) is 0 Å². The number of carbonyl (C=O) groups excluding carboxylic acids is 2. The highest BCUT2D eigenvalue weighted by molar-refractivity contribution is 5.92. The Morgan fingerprint density at radius 1 is 1.28 bits per heavy atom. The van der Waals surface area contributed by atoms with Crippen LogP contribution in [-0.2, 0) is 9.59 Å². The molecule has 1 aliphatic carbocycles. The van der Waals surface area contributed by atoms with Crippen molar-refractivity contribution in [1.82, 2.24) is 9.80 Å². The standard InChI is InChI=1S/C19H29N3O3/c1-4-10-22(12-15-8-9-15)19(24)14-21(2)13-18(23)20-16-6-5-7-17(11-16)25-3/h5-7,11,15H,4,8-10,12-14H2,1-3H3,(H,20,23). The molecule has 138 valence electrons. The SMILES string of the molecule is CCCN(CC1CC1)C(=O)CN(C)CC(=O)Nc1cccc(OC)c1. The minimum Gasteiger partial charge on any atom is -0.497 e. The van der Waals surface area contributed by atoms with Crippen molar-refractivity contribution in [2.75, 3.05) is 45.7 Å². The molecule has 1 N–H and O–H groups in total. The lowest BCUT2D eigenvalue weighted by atomic mass is 10.3. The third-order valence-corrected chi connectivity index (χ3v) is 4.19. The van der Waals surface area contributed by atoms with Gasteiger partial charge >= 0.3 is 0 Å². The summed E-state index contributed by atoms with van der Waals surface area (Å²) < 4.78 is 5.14. The molecule has 0 unspecified atom stereocenters. The van der Waals surface area contributed by atoms with E-state index in [1.165, 1.54) is 12.8 Å². The van der Waals surface area contributed by atoms with Crippen LogP contribution in [0.5, 0.6) is 5.75 Å². The van der Waals surface area contributed by atoms with Crippen molar-refractivity contribution < 1.29 is 14.3 Å². The third-order valence-electron chi connectivity index (χ3n) is 4.19. The molecule has 6 heteroatoms. The molecule has 1 aromatic rings. The summed E-state index contributed by atoms with van der Waals surface area (Å²) in [5.74, 6) is 1.33. The topological polar surface area (TPSA) is 61.9 Å². The van der Waals surface area contributed by atoms with Crippen LogP contribution in [0.2, 0.25) is 0 Å². The monoisotopic (exact) mass is 347 g/mol. The van der Waals surface area contributed by atoms with E-state index in [1.54, 1.807) is 25.1 Å². The number of anilines is 1.